The topological polar surface area (TPSA) is 108 Å². The number of amides is 3. The smallest absolute Gasteiger partial charge is 0.270 e. The fraction of sp³-hybridized carbons (Fsp3) is 0.579. The minimum atomic E-state index is -0.154. The van der Waals surface area contributed by atoms with Crippen LogP contribution in [-0.2, 0) is 27.3 Å². The average molecular weight is 384 g/mol. The van der Waals surface area contributed by atoms with Crippen LogP contribution in [0.4, 0.5) is 0 Å². The van der Waals surface area contributed by atoms with Crippen molar-refractivity contribution in [3.8, 4) is 0 Å². The molecule has 28 heavy (non-hydrogen) atoms. The maximum absolute atomic E-state index is 12.7. The highest BCUT2D eigenvalue weighted by molar-refractivity contribution is 6.39. The number of carbonyl (C=O) groups is 3. The normalized spacial score (nSPS) is 22.2. The van der Waals surface area contributed by atoms with E-state index in [1.807, 2.05) is 6.20 Å². The van der Waals surface area contributed by atoms with Crippen molar-refractivity contribution in [1.82, 2.24) is 25.2 Å². The van der Waals surface area contributed by atoms with Crippen molar-refractivity contribution in [3.63, 3.8) is 0 Å². The Kier molecular flexibility index (Phi) is 5.06. The van der Waals surface area contributed by atoms with Crippen molar-refractivity contribution in [2.24, 2.45) is 5.10 Å². The Bertz CT molecular complexity index is 852. The Labute approximate surface area is 163 Å². The zero-order chi connectivity index (χ0) is 19.7. The third-order valence-corrected chi connectivity index (χ3v) is 5.62. The van der Waals surface area contributed by atoms with E-state index in [0.717, 1.165) is 36.3 Å². The molecule has 4 rings (SSSR count). The summed E-state index contributed by atoms with van der Waals surface area (Å²) in [5, 5.41) is 3.92. The van der Waals surface area contributed by atoms with Crippen molar-refractivity contribution in [1.29, 1.82) is 0 Å². The lowest BCUT2D eigenvalue weighted by Gasteiger charge is -2.33. The summed E-state index contributed by atoms with van der Waals surface area (Å²) < 4.78 is 0. The van der Waals surface area contributed by atoms with Crippen molar-refractivity contribution in [2.75, 3.05) is 19.6 Å². The van der Waals surface area contributed by atoms with E-state index in [1.54, 1.807) is 16.7 Å². The molecule has 3 aliphatic rings. The second kappa shape index (κ2) is 7.65. The van der Waals surface area contributed by atoms with Gasteiger partial charge in [-0.25, -0.2) is 15.4 Å². The third-order valence-electron chi connectivity index (χ3n) is 5.62. The molecule has 4 heterocycles. The van der Waals surface area contributed by atoms with E-state index in [0.29, 0.717) is 44.7 Å². The van der Waals surface area contributed by atoms with Crippen LogP contribution in [0.1, 0.15) is 55.6 Å². The van der Waals surface area contributed by atoms with Gasteiger partial charge in [-0.15, -0.1) is 0 Å². The van der Waals surface area contributed by atoms with E-state index < -0.39 is 0 Å². The summed E-state index contributed by atoms with van der Waals surface area (Å²) >= 11 is 0. The van der Waals surface area contributed by atoms with Crippen molar-refractivity contribution >= 4 is 23.4 Å². The number of carbonyl (C=O) groups excluding carboxylic acids is 3. The van der Waals surface area contributed by atoms with Gasteiger partial charge >= 0.3 is 0 Å². The van der Waals surface area contributed by atoms with E-state index in [9.17, 15) is 14.4 Å². The second-order valence-electron chi connectivity index (χ2n) is 7.57. The summed E-state index contributed by atoms with van der Waals surface area (Å²) in [5.41, 5.74) is 4.81. The molecule has 0 saturated carbocycles. The van der Waals surface area contributed by atoms with E-state index in [-0.39, 0.29) is 23.6 Å². The van der Waals surface area contributed by atoms with E-state index in [4.69, 9.17) is 4.98 Å². The Morgan fingerprint density at radius 1 is 1.18 bits per heavy atom. The van der Waals surface area contributed by atoms with E-state index in [1.165, 1.54) is 0 Å². The number of aromatic nitrogens is 2. The predicted molar refractivity (Wildman–Crippen MR) is 100 cm³/mol. The van der Waals surface area contributed by atoms with Crippen LogP contribution in [0.15, 0.2) is 11.3 Å². The number of likely N-dealkylation sites (tertiary alicyclic amines) is 1. The monoisotopic (exact) mass is 384 g/mol. The molecule has 1 N–H and O–H groups in total. The molecule has 0 radical (unpaired) electrons. The Balaban J connectivity index is 1.46. The van der Waals surface area contributed by atoms with Crippen LogP contribution in [0, 0.1) is 0 Å². The van der Waals surface area contributed by atoms with Crippen molar-refractivity contribution in [2.45, 2.75) is 51.5 Å². The number of piperidine rings is 1. The molecule has 0 aliphatic carbocycles. The van der Waals surface area contributed by atoms with Gasteiger partial charge in [-0.05, 0) is 12.8 Å². The van der Waals surface area contributed by atoms with Gasteiger partial charge in [0.05, 0.1) is 5.69 Å². The quantitative estimate of drug-likeness (QED) is 0.792. The largest absolute Gasteiger partial charge is 0.338 e. The van der Waals surface area contributed by atoms with Crippen molar-refractivity contribution in [3.05, 3.63) is 23.3 Å². The van der Waals surface area contributed by atoms with Crippen LogP contribution in [0.5, 0.6) is 0 Å². The summed E-state index contributed by atoms with van der Waals surface area (Å²) in [6.45, 7) is 4.06. The van der Waals surface area contributed by atoms with Crippen LogP contribution in [0.2, 0.25) is 0 Å². The van der Waals surface area contributed by atoms with Crippen molar-refractivity contribution < 1.29 is 14.4 Å². The average Bonchev–Trinajstić information content (AvgIpc) is 2.73. The highest BCUT2D eigenvalue weighted by Gasteiger charge is 2.31. The van der Waals surface area contributed by atoms with Gasteiger partial charge in [0.1, 0.15) is 11.5 Å². The molecule has 3 amide bonds. The second-order valence-corrected chi connectivity index (χ2v) is 7.57. The van der Waals surface area contributed by atoms with Gasteiger partial charge in [-0.1, -0.05) is 0 Å². The Morgan fingerprint density at radius 3 is 2.79 bits per heavy atom. The first kappa shape index (κ1) is 18.5. The Hall–Kier alpha value is -2.84. The number of hydrogen-bond donors (Lipinski definition) is 1. The summed E-state index contributed by atoms with van der Waals surface area (Å²) in [5.74, 6) is 0.663. The fourth-order valence-corrected chi connectivity index (χ4v) is 3.98. The maximum Gasteiger partial charge on any atom is 0.270 e. The first-order chi connectivity index (χ1) is 13.5. The standard InChI is InChI=1S/C19H24N6O3/c1-12(26)24-8-6-15-14(11-24)9-20-18(21-15)13-3-2-7-25(10-13)19(28)16-4-5-17(27)23-22-16/h9,13H,2-8,10-11H2,1H3,(H,23,27). The molecular formula is C19H24N6O3. The van der Waals surface area contributed by atoms with E-state index >= 15 is 0 Å². The summed E-state index contributed by atoms with van der Waals surface area (Å²) in [6, 6.07) is 0. The molecule has 1 aromatic rings. The van der Waals surface area contributed by atoms with Gasteiger partial charge in [0.2, 0.25) is 11.8 Å². The lowest BCUT2D eigenvalue weighted by atomic mass is 9.95. The van der Waals surface area contributed by atoms with Gasteiger partial charge in [-0.3, -0.25) is 14.4 Å². The van der Waals surface area contributed by atoms with Gasteiger partial charge in [0.15, 0.2) is 0 Å². The van der Waals surface area contributed by atoms with Crippen LogP contribution in [0.3, 0.4) is 0 Å². The molecule has 3 aliphatic heterocycles. The molecule has 0 aromatic carbocycles. The minimum Gasteiger partial charge on any atom is -0.338 e. The Morgan fingerprint density at radius 2 is 2.04 bits per heavy atom. The summed E-state index contributed by atoms with van der Waals surface area (Å²) in [7, 11) is 0. The summed E-state index contributed by atoms with van der Waals surface area (Å²) in [6.07, 6.45) is 5.06. The zero-order valence-electron chi connectivity index (χ0n) is 16.0. The molecule has 9 nitrogen and oxygen atoms in total. The lowest BCUT2D eigenvalue weighted by molar-refractivity contribution is -0.129. The van der Waals surface area contributed by atoms with Crippen LogP contribution < -0.4 is 5.43 Å². The number of hydrazone groups is 1. The van der Waals surface area contributed by atoms with E-state index in [2.05, 4.69) is 15.5 Å². The predicted octanol–water partition coefficient (Wildman–Crippen LogP) is 0.353. The molecule has 9 heteroatoms. The minimum absolute atomic E-state index is 0.0676. The molecule has 148 valence electrons. The maximum atomic E-state index is 12.7. The van der Waals surface area contributed by atoms with Crippen LogP contribution in [0.25, 0.3) is 0 Å². The van der Waals surface area contributed by atoms with Crippen LogP contribution in [-0.4, -0.2) is 62.8 Å². The number of hydrogen-bond acceptors (Lipinski definition) is 6. The van der Waals surface area contributed by atoms with Gasteiger partial charge in [-0.2, -0.15) is 5.10 Å². The highest BCUT2D eigenvalue weighted by Crippen LogP contribution is 2.27. The number of nitrogens with zero attached hydrogens (tertiary/aromatic N) is 5. The number of fused-ring (bicyclic) bond motifs is 1. The number of rotatable bonds is 2. The summed E-state index contributed by atoms with van der Waals surface area (Å²) in [4.78, 5) is 48.5. The molecule has 1 saturated heterocycles. The third kappa shape index (κ3) is 3.74. The first-order valence-electron chi connectivity index (χ1n) is 9.76. The molecule has 1 atom stereocenters. The fourth-order valence-electron chi connectivity index (χ4n) is 3.98. The van der Waals surface area contributed by atoms with Crippen LogP contribution >= 0.6 is 0 Å². The molecule has 1 fully saturated rings. The zero-order valence-corrected chi connectivity index (χ0v) is 16.0. The molecule has 1 unspecified atom stereocenters. The molecule has 1 aromatic heterocycles. The number of nitrogens with one attached hydrogen (secondary N) is 1. The molecule has 0 bridgehead atoms. The van der Waals surface area contributed by atoms with Gasteiger partial charge in [0, 0.05) is 70.0 Å². The first-order valence-corrected chi connectivity index (χ1v) is 9.76. The molecular weight excluding hydrogens is 360 g/mol. The molecule has 0 spiro atoms. The van der Waals surface area contributed by atoms with Gasteiger partial charge in [0.25, 0.3) is 5.91 Å². The van der Waals surface area contributed by atoms with Gasteiger partial charge < -0.3 is 9.80 Å². The highest BCUT2D eigenvalue weighted by atomic mass is 16.2. The SMILES string of the molecule is CC(=O)N1CCc2nc(C3CCCN(C(=O)C4=NNC(=O)CC4)C3)ncc2C1. The lowest BCUT2D eigenvalue weighted by Crippen LogP contribution is -2.45.